The lowest BCUT2D eigenvalue weighted by Gasteiger charge is -2.03. The molecule has 0 spiro atoms. The van der Waals surface area contributed by atoms with Crippen LogP contribution in [0.5, 0.6) is 0 Å². The van der Waals surface area contributed by atoms with E-state index < -0.39 is 17.7 Å². The third kappa shape index (κ3) is 2.40. The van der Waals surface area contributed by atoms with Gasteiger partial charge in [0.1, 0.15) is 29.3 Å². The zero-order valence-corrected chi connectivity index (χ0v) is 10.5. The lowest BCUT2D eigenvalue weighted by Crippen LogP contribution is -1.88. The highest BCUT2D eigenvalue weighted by Gasteiger charge is 2.14. The van der Waals surface area contributed by atoms with E-state index in [2.05, 4.69) is 15.9 Å². The van der Waals surface area contributed by atoms with Crippen LogP contribution in [0.4, 0.5) is 8.78 Å². The van der Waals surface area contributed by atoms with Gasteiger partial charge in [-0.25, -0.2) is 8.78 Å². The molecular weight excluding hydrogens is 294 g/mol. The van der Waals surface area contributed by atoms with Gasteiger partial charge in [-0.3, -0.25) is 0 Å². The lowest BCUT2D eigenvalue weighted by molar-refractivity contribution is 0.170. The molecule has 0 fully saturated rings. The van der Waals surface area contributed by atoms with Crippen LogP contribution in [0.15, 0.2) is 33.2 Å². The van der Waals surface area contributed by atoms with E-state index in [-0.39, 0.29) is 15.8 Å². The minimum atomic E-state index is -0.768. The van der Waals surface area contributed by atoms with E-state index in [1.807, 2.05) is 0 Å². The molecule has 0 aliphatic rings. The standard InChI is InChI=1S/C12H9BrF2O2/c1-6(16)11-2-3-12(17-11)7-4-8(13)10(15)5-9(7)14/h2-6,16H,1H3. The second-order valence-electron chi connectivity index (χ2n) is 3.62. The van der Waals surface area contributed by atoms with Crippen molar-refractivity contribution in [3.8, 4) is 11.3 Å². The molecule has 5 heteroatoms. The van der Waals surface area contributed by atoms with Gasteiger partial charge in [0.25, 0.3) is 0 Å². The Morgan fingerprint density at radius 1 is 1.24 bits per heavy atom. The fraction of sp³-hybridized carbons (Fsp3) is 0.167. The summed E-state index contributed by atoms with van der Waals surface area (Å²) >= 11 is 2.98. The summed E-state index contributed by atoms with van der Waals surface area (Å²) < 4.78 is 32.0. The molecule has 90 valence electrons. The monoisotopic (exact) mass is 302 g/mol. The SMILES string of the molecule is CC(O)c1ccc(-c2cc(Br)c(F)cc2F)o1. The molecule has 0 radical (unpaired) electrons. The highest BCUT2D eigenvalue weighted by Crippen LogP contribution is 2.30. The second kappa shape index (κ2) is 4.58. The van der Waals surface area contributed by atoms with Crippen LogP contribution in [0.25, 0.3) is 11.3 Å². The van der Waals surface area contributed by atoms with Gasteiger partial charge in [-0.05, 0) is 41.1 Å². The number of benzene rings is 1. The van der Waals surface area contributed by atoms with Crippen molar-refractivity contribution in [2.24, 2.45) is 0 Å². The van der Waals surface area contributed by atoms with E-state index in [1.54, 1.807) is 13.0 Å². The molecule has 2 aromatic rings. The van der Waals surface area contributed by atoms with Crippen molar-refractivity contribution in [1.82, 2.24) is 0 Å². The number of aliphatic hydroxyl groups excluding tert-OH is 1. The third-order valence-electron chi connectivity index (χ3n) is 2.31. The molecule has 2 nitrogen and oxygen atoms in total. The minimum absolute atomic E-state index is 0.144. The van der Waals surface area contributed by atoms with Crippen molar-refractivity contribution >= 4 is 15.9 Å². The maximum atomic E-state index is 13.5. The number of hydrogen-bond donors (Lipinski definition) is 1. The van der Waals surface area contributed by atoms with Crippen LogP contribution < -0.4 is 0 Å². The number of halogens is 3. The van der Waals surface area contributed by atoms with Crippen molar-refractivity contribution in [2.75, 3.05) is 0 Å². The first-order valence-corrected chi connectivity index (χ1v) is 5.71. The van der Waals surface area contributed by atoms with Crippen molar-refractivity contribution in [1.29, 1.82) is 0 Å². The first-order valence-electron chi connectivity index (χ1n) is 4.91. The molecule has 1 unspecified atom stereocenters. The van der Waals surface area contributed by atoms with E-state index in [0.717, 1.165) is 6.07 Å². The molecule has 1 aromatic heterocycles. The molecule has 0 aliphatic carbocycles. The summed E-state index contributed by atoms with van der Waals surface area (Å²) in [7, 11) is 0. The molecular formula is C12H9BrF2O2. The Bertz CT molecular complexity index is 549. The van der Waals surface area contributed by atoms with Gasteiger partial charge >= 0.3 is 0 Å². The van der Waals surface area contributed by atoms with E-state index in [0.29, 0.717) is 5.76 Å². The second-order valence-corrected chi connectivity index (χ2v) is 4.48. The highest BCUT2D eigenvalue weighted by molar-refractivity contribution is 9.10. The summed E-state index contributed by atoms with van der Waals surface area (Å²) in [6.45, 7) is 1.54. The van der Waals surface area contributed by atoms with Crippen LogP contribution in [0.2, 0.25) is 0 Å². The molecule has 1 atom stereocenters. The smallest absolute Gasteiger partial charge is 0.140 e. The summed E-state index contributed by atoms with van der Waals surface area (Å²) in [5.41, 5.74) is 0.144. The zero-order chi connectivity index (χ0) is 12.6. The van der Waals surface area contributed by atoms with Crippen molar-refractivity contribution < 1.29 is 18.3 Å². The predicted octanol–water partition coefficient (Wildman–Crippen LogP) is 4.04. The highest BCUT2D eigenvalue weighted by atomic mass is 79.9. The summed E-state index contributed by atoms with van der Waals surface area (Å²) in [5, 5.41) is 9.30. The van der Waals surface area contributed by atoms with E-state index in [9.17, 15) is 13.9 Å². The Morgan fingerprint density at radius 2 is 1.94 bits per heavy atom. The molecule has 0 aliphatic heterocycles. The normalized spacial score (nSPS) is 12.8. The Morgan fingerprint density at radius 3 is 2.53 bits per heavy atom. The minimum Gasteiger partial charge on any atom is -0.458 e. The number of hydrogen-bond acceptors (Lipinski definition) is 2. The first-order chi connectivity index (χ1) is 7.99. The summed E-state index contributed by atoms with van der Waals surface area (Å²) in [6.07, 6.45) is -0.768. The molecule has 0 amide bonds. The number of aliphatic hydroxyl groups is 1. The third-order valence-corrected chi connectivity index (χ3v) is 2.92. The van der Waals surface area contributed by atoms with Gasteiger partial charge in [0.15, 0.2) is 0 Å². The van der Waals surface area contributed by atoms with E-state index in [1.165, 1.54) is 12.1 Å². The van der Waals surface area contributed by atoms with Crippen LogP contribution in [-0.2, 0) is 0 Å². The zero-order valence-electron chi connectivity index (χ0n) is 8.88. The fourth-order valence-electron chi connectivity index (χ4n) is 1.43. The lowest BCUT2D eigenvalue weighted by atomic mass is 10.1. The van der Waals surface area contributed by atoms with Crippen LogP contribution in [0.1, 0.15) is 18.8 Å². The van der Waals surface area contributed by atoms with Gasteiger partial charge in [0, 0.05) is 6.07 Å². The van der Waals surface area contributed by atoms with Crippen LogP contribution in [0, 0.1) is 11.6 Å². The Kier molecular flexibility index (Phi) is 3.31. The topological polar surface area (TPSA) is 33.4 Å². The van der Waals surface area contributed by atoms with Gasteiger partial charge in [-0.1, -0.05) is 0 Å². The maximum Gasteiger partial charge on any atom is 0.140 e. The Balaban J connectivity index is 2.49. The van der Waals surface area contributed by atoms with Gasteiger partial charge in [-0.2, -0.15) is 0 Å². The quantitative estimate of drug-likeness (QED) is 0.849. The average Bonchev–Trinajstić information content (AvgIpc) is 2.72. The van der Waals surface area contributed by atoms with Gasteiger partial charge < -0.3 is 9.52 Å². The largest absolute Gasteiger partial charge is 0.458 e. The van der Waals surface area contributed by atoms with Crippen molar-refractivity contribution in [3.63, 3.8) is 0 Å². The van der Waals surface area contributed by atoms with Crippen LogP contribution in [-0.4, -0.2) is 5.11 Å². The van der Waals surface area contributed by atoms with Gasteiger partial charge in [-0.15, -0.1) is 0 Å². The molecule has 17 heavy (non-hydrogen) atoms. The summed E-state index contributed by atoms with van der Waals surface area (Å²) in [4.78, 5) is 0. The fourth-order valence-corrected chi connectivity index (χ4v) is 1.78. The van der Waals surface area contributed by atoms with E-state index in [4.69, 9.17) is 4.42 Å². The van der Waals surface area contributed by atoms with E-state index >= 15 is 0 Å². The number of rotatable bonds is 2. The predicted molar refractivity (Wildman–Crippen MR) is 62.4 cm³/mol. The molecule has 1 aromatic carbocycles. The van der Waals surface area contributed by atoms with Crippen molar-refractivity contribution in [3.05, 3.63) is 46.1 Å². The Hall–Kier alpha value is -1.20. The van der Waals surface area contributed by atoms with Crippen molar-refractivity contribution in [2.45, 2.75) is 13.0 Å². The summed E-state index contributed by atoms with van der Waals surface area (Å²) in [6, 6.07) is 5.17. The molecule has 0 saturated carbocycles. The first kappa shape index (κ1) is 12.3. The molecule has 2 rings (SSSR count). The summed E-state index contributed by atoms with van der Waals surface area (Å²) in [5.74, 6) is -0.801. The molecule has 1 N–H and O–H groups in total. The van der Waals surface area contributed by atoms with Gasteiger partial charge in [0.2, 0.25) is 0 Å². The van der Waals surface area contributed by atoms with Gasteiger partial charge in [0.05, 0.1) is 10.0 Å². The van der Waals surface area contributed by atoms with Crippen LogP contribution >= 0.6 is 15.9 Å². The average molecular weight is 303 g/mol. The van der Waals surface area contributed by atoms with Crippen LogP contribution in [0.3, 0.4) is 0 Å². The molecule has 0 bridgehead atoms. The maximum absolute atomic E-state index is 13.5. The molecule has 0 saturated heterocycles. The molecule has 1 heterocycles. The Labute approximate surface area is 105 Å². The number of furan rings is 1.